The van der Waals surface area contributed by atoms with Crippen molar-refractivity contribution >= 4 is 28.9 Å². The van der Waals surface area contributed by atoms with Crippen molar-refractivity contribution in [3.63, 3.8) is 0 Å². The molecule has 2 N–H and O–H groups in total. The monoisotopic (exact) mass is 338 g/mol. The molecular formula is C17H17Cl2FN2. The van der Waals surface area contributed by atoms with Gasteiger partial charge in [0.25, 0.3) is 0 Å². The molecule has 2 aromatic carbocycles. The molecule has 0 amide bonds. The van der Waals surface area contributed by atoms with E-state index in [1.165, 1.54) is 17.2 Å². The summed E-state index contributed by atoms with van der Waals surface area (Å²) >= 11 is 12.2. The molecule has 5 heteroatoms. The Kier molecular flexibility index (Phi) is 4.87. The largest absolute Gasteiger partial charge is 0.380 e. The molecule has 116 valence electrons. The molecular weight excluding hydrogens is 322 g/mol. The Morgan fingerprint density at radius 3 is 2.68 bits per heavy atom. The van der Waals surface area contributed by atoms with Crippen molar-refractivity contribution in [3.8, 4) is 0 Å². The predicted molar refractivity (Wildman–Crippen MR) is 90.5 cm³/mol. The molecule has 0 radical (unpaired) electrons. The second-order valence-corrected chi connectivity index (χ2v) is 6.23. The summed E-state index contributed by atoms with van der Waals surface area (Å²) in [6, 6.07) is 8.79. The fraction of sp³-hybridized carbons (Fsp3) is 0.294. The molecule has 1 aliphatic rings. The van der Waals surface area contributed by atoms with Gasteiger partial charge in [0.2, 0.25) is 0 Å². The highest BCUT2D eigenvalue weighted by atomic mass is 35.5. The lowest BCUT2D eigenvalue weighted by molar-refractivity contribution is 0.627. The molecule has 1 heterocycles. The van der Waals surface area contributed by atoms with Crippen LogP contribution in [0.25, 0.3) is 0 Å². The molecule has 0 fully saturated rings. The third-order valence-electron chi connectivity index (χ3n) is 3.94. The molecule has 1 aliphatic heterocycles. The minimum Gasteiger partial charge on any atom is -0.380 e. The second kappa shape index (κ2) is 6.86. The van der Waals surface area contributed by atoms with Gasteiger partial charge in [-0.3, -0.25) is 0 Å². The van der Waals surface area contributed by atoms with Gasteiger partial charge in [0.15, 0.2) is 0 Å². The van der Waals surface area contributed by atoms with Gasteiger partial charge < -0.3 is 10.6 Å². The van der Waals surface area contributed by atoms with Crippen LogP contribution in [0.2, 0.25) is 10.0 Å². The molecule has 22 heavy (non-hydrogen) atoms. The van der Waals surface area contributed by atoms with Crippen LogP contribution in [-0.4, -0.2) is 13.1 Å². The summed E-state index contributed by atoms with van der Waals surface area (Å²) in [6.07, 6.45) is 1.95. The van der Waals surface area contributed by atoms with Gasteiger partial charge in [-0.2, -0.15) is 0 Å². The maximum absolute atomic E-state index is 13.2. The summed E-state index contributed by atoms with van der Waals surface area (Å²) in [5.41, 5.74) is 4.50. The second-order valence-electron chi connectivity index (χ2n) is 5.41. The molecule has 0 atom stereocenters. The Bertz CT molecular complexity index is 689. The van der Waals surface area contributed by atoms with Crippen molar-refractivity contribution in [2.24, 2.45) is 0 Å². The molecule has 0 unspecified atom stereocenters. The molecule has 3 rings (SSSR count). The minimum absolute atomic E-state index is 0.140. The number of hydrogen-bond acceptors (Lipinski definition) is 2. The van der Waals surface area contributed by atoms with Crippen molar-refractivity contribution in [1.29, 1.82) is 0 Å². The van der Waals surface area contributed by atoms with Crippen LogP contribution in [0, 0.1) is 5.82 Å². The summed E-state index contributed by atoms with van der Waals surface area (Å²) in [7, 11) is 0. The van der Waals surface area contributed by atoms with Gasteiger partial charge in [0.05, 0.1) is 15.7 Å². The number of anilines is 1. The van der Waals surface area contributed by atoms with Crippen molar-refractivity contribution in [3.05, 3.63) is 62.9 Å². The Morgan fingerprint density at radius 1 is 1.05 bits per heavy atom. The number of nitrogens with one attached hydrogen (secondary N) is 2. The standard InChI is InChI=1S/C17H17Cl2FN2/c18-14-3-2-12-5-7-21-8-6-13(12)17(14)22-10-11-1-4-16(20)15(19)9-11/h1-4,9,21-22H,5-8,10H2. The molecule has 0 aromatic heterocycles. The van der Waals surface area contributed by atoms with Crippen LogP contribution in [0.1, 0.15) is 16.7 Å². The van der Waals surface area contributed by atoms with E-state index < -0.39 is 5.82 Å². The van der Waals surface area contributed by atoms with Gasteiger partial charge in [0.1, 0.15) is 5.82 Å². The molecule has 0 spiro atoms. The third-order valence-corrected chi connectivity index (χ3v) is 4.54. The highest BCUT2D eigenvalue weighted by molar-refractivity contribution is 6.33. The van der Waals surface area contributed by atoms with Crippen molar-refractivity contribution in [1.82, 2.24) is 5.32 Å². The quantitative estimate of drug-likeness (QED) is 0.864. The van der Waals surface area contributed by atoms with E-state index in [1.807, 2.05) is 6.07 Å². The Balaban J connectivity index is 1.84. The predicted octanol–water partition coefficient (Wildman–Crippen LogP) is 4.43. The number of halogens is 3. The van der Waals surface area contributed by atoms with E-state index in [0.717, 1.165) is 37.2 Å². The van der Waals surface area contributed by atoms with E-state index in [2.05, 4.69) is 16.7 Å². The lowest BCUT2D eigenvalue weighted by Gasteiger charge is -2.16. The maximum atomic E-state index is 13.2. The maximum Gasteiger partial charge on any atom is 0.141 e. The van der Waals surface area contributed by atoms with Gasteiger partial charge in [-0.15, -0.1) is 0 Å². The van der Waals surface area contributed by atoms with Crippen molar-refractivity contribution < 1.29 is 4.39 Å². The fourth-order valence-electron chi connectivity index (χ4n) is 2.77. The van der Waals surface area contributed by atoms with Gasteiger partial charge in [-0.1, -0.05) is 35.3 Å². The summed E-state index contributed by atoms with van der Waals surface area (Å²) in [5.74, 6) is -0.400. The van der Waals surface area contributed by atoms with Crippen LogP contribution in [0.4, 0.5) is 10.1 Å². The molecule has 2 nitrogen and oxygen atoms in total. The van der Waals surface area contributed by atoms with Crippen LogP contribution in [0.3, 0.4) is 0 Å². The molecule has 0 saturated carbocycles. The summed E-state index contributed by atoms with van der Waals surface area (Å²) in [5, 5.41) is 7.65. The van der Waals surface area contributed by atoms with Crippen LogP contribution in [0.5, 0.6) is 0 Å². The van der Waals surface area contributed by atoms with Gasteiger partial charge in [-0.25, -0.2) is 4.39 Å². The lowest BCUT2D eigenvalue weighted by atomic mass is 10.0. The van der Waals surface area contributed by atoms with Crippen LogP contribution in [0.15, 0.2) is 30.3 Å². The van der Waals surface area contributed by atoms with E-state index in [0.29, 0.717) is 11.6 Å². The molecule has 0 bridgehead atoms. The van der Waals surface area contributed by atoms with E-state index in [4.69, 9.17) is 23.2 Å². The van der Waals surface area contributed by atoms with Gasteiger partial charge in [0, 0.05) is 6.54 Å². The zero-order valence-corrected chi connectivity index (χ0v) is 13.6. The molecule has 0 aliphatic carbocycles. The number of fused-ring (bicyclic) bond motifs is 1. The number of hydrogen-bond donors (Lipinski definition) is 2. The highest BCUT2D eigenvalue weighted by Crippen LogP contribution is 2.31. The Morgan fingerprint density at radius 2 is 1.86 bits per heavy atom. The Hall–Kier alpha value is -1.29. The first-order chi connectivity index (χ1) is 10.6. The molecule has 0 saturated heterocycles. The summed E-state index contributed by atoms with van der Waals surface area (Å²) < 4.78 is 13.2. The minimum atomic E-state index is -0.400. The van der Waals surface area contributed by atoms with E-state index in [9.17, 15) is 4.39 Å². The number of benzene rings is 2. The van der Waals surface area contributed by atoms with Gasteiger partial charge in [-0.05, 0) is 60.8 Å². The zero-order valence-electron chi connectivity index (χ0n) is 12.1. The zero-order chi connectivity index (χ0) is 15.5. The SMILES string of the molecule is Fc1ccc(CNc2c(Cl)ccc3c2CCNCC3)cc1Cl. The smallest absolute Gasteiger partial charge is 0.141 e. The van der Waals surface area contributed by atoms with Crippen LogP contribution < -0.4 is 10.6 Å². The molecule has 2 aromatic rings. The average Bonchev–Trinajstić information content (AvgIpc) is 2.75. The first-order valence-electron chi connectivity index (χ1n) is 7.34. The van der Waals surface area contributed by atoms with E-state index >= 15 is 0 Å². The van der Waals surface area contributed by atoms with Crippen LogP contribution >= 0.6 is 23.2 Å². The van der Waals surface area contributed by atoms with Crippen LogP contribution in [-0.2, 0) is 19.4 Å². The first kappa shape index (κ1) is 15.6. The van der Waals surface area contributed by atoms with Crippen molar-refractivity contribution in [2.45, 2.75) is 19.4 Å². The van der Waals surface area contributed by atoms with Crippen molar-refractivity contribution in [2.75, 3.05) is 18.4 Å². The summed E-state index contributed by atoms with van der Waals surface area (Å²) in [6.45, 7) is 2.50. The number of rotatable bonds is 3. The van der Waals surface area contributed by atoms with Gasteiger partial charge >= 0.3 is 0 Å². The van der Waals surface area contributed by atoms with E-state index in [-0.39, 0.29) is 5.02 Å². The normalized spacial score (nSPS) is 14.3. The fourth-order valence-corrected chi connectivity index (χ4v) is 3.22. The first-order valence-corrected chi connectivity index (χ1v) is 8.09. The topological polar surface area (TPSA) is 24.1 Å². The summed E-state index contributed by atoms with van der Waals surface area (Å²) in [4.78, 5) is 0. The highest BCUT2D eigenvalue weighted by Gasteiger charge is 2.14. The lowest BCUT2D eigenvalue weighted by Crippen LogP contribution is -2.16. The van der Waals surface area contributed by atoms with E-state index in [1.54, 1.807) is 12.1 Å². The average molecular weight is 339 g/mol. The third kappa shape index (κ3) is 3.37. The Labute approximate surface area is 139 Å².